The number of aromatic nitrogens is 3. The van der Waals surface area contributed by atoms with E-state index in [2.05, 4.69) is 28.5 Å². The number of para-hydroxylation sites is 1. The summed E-state index contributed by atoms with van der Waals surface area (Å²) in [6.45, 7) is 2.62. The molecule has 2 heterocycles. The van der Waals surface area contributed by atoms with E-state index in [4.69, 9.17) is 13.9 Å². The van der Waals surface area contributed by atoms with E-state index in [0.29, 0.717) is 36.0 Å². The Balaban J connectivity index is 1.29. The van der Waals surface area contributed by atoms with Crippen molar-refractivity contribution >= 4 is 17.7 Å². The molecule has 0 spiro atoms. The second-order valence-corrected chi connectivity index (χ2v) is 9.21. The van der Waals surface area contributed by atoms with E-state index in [0.717, 1.165) is 40.6 Å². The number of benzene rings is 2. The Hall–Kier alpha value is -3.72. The van der Waals surface area contributed by atoms with E-state index in [1.54, 1.807) is 32.2 Å². The molecule has 1 N–H and O–H groups in total. The van der Waals surface area contributed by atoms with Gasteiger partial charge in [0.15, 0.2) is 22.4 Å². The average Bonchev–Trinajstić information content (AvgIpc) is 3.57. The van der Waals surface area contributed by atoms with E-state index in [-0.39, 0.29) is 5.91 Å². The van der Waals surface area contributed by atoms with Gasteiger partial charge in [0.1, 0.15) is 0 Å². The molecule has 188 valence electrons. The fourth-order valence-electron chi connectivity index (χ4n) is 3.83. The summed E-state index contributed by atoms with van der Waals surface area (Å²) in [5.41, 5.74) is 3.19. The Bertz CT molecular complexity index is 1290. The zero-order valence-corrected chi connectivity index (χ0v) is 21.5. The molecule has 0 radical (unpaired) electrons. The second kappa shape index (κ2) is 12.3. The zero-order valence-electron chi connectivity index (χ0n) is 20.7. The lowest BCUT2D eigenvalue weighted by Crippen LogP contribution is -2.25. The standard InChI is InChI=1S/C27H30N4O4S/c1-19-8-4-5-9-21(19)31-26(23-10-6-16-35-23)29-30-27(31)36-17-7-11-25(32)28-15-14-20-12-13-22(33-2)24(18-20)34-3/h4-6,8-10,12-13,16,18H,7,11,14-15,17H2,1-3H3,(H,28,32). The summed E-state index contributed by atoms with van der Waals surface area (Å²) in [5.74, 6) is 3.47. The van der Waals surface area contributed by atoms with E-state index < -0.39 is 0 Å². The van der Waals surface area contributed by atoms with Crippen molar-refractivity contribution < 1.29 is 18.7 Å². The number of furan rings is 1. The van der Waals surface area contributed by atoms with Crippen molar-refractivity contribution in [2.45, 2.75) is 31.3 Å². The summed E-state index contributed by atoms with van der Waals surface area (Å²) in [6.07, 6.45) is 3.52. The van der Waals surface area contributed by atoms with Gasteiger partial charge in [-0.2, -0.15) is 0 Å². The Morgan fingerprint density at radius 2 is 1.89 bits per heavy atom. The van der Waals surface area contributed by atoms with E-state index in [1.807, 2.05) is 53.1 Å². The number of hydrogen-bond acceptors (Lipinski definition) is 7. The first-order chi connectivity index (χ1) is 17.6. The highest BCUT2D eigenvalue weighted by Gasteiger charge is 2.19. The molecule has 0 atom stereocenters. The minimum Gasteiger partial charge on any atom is -0.493 e. The molecule has 2 aromatic carbocycles. The fourth-order valence-corrected chi connectivity index (χ4v) is 4.71. The van der Waals surface area contributed by atoms with Gasteiger partial charge in [-0.05, 0) is 61.2 Å². The van der Waals surface area contributed by atoms with Gasteiger partial charge in [0.25, 0.3) is 0 Å². The first kappa shape index (κ1) is 25.4. The summed E-state index contributed by atoms with van der Waals surface area (Å²) >= 11 is 1.58. The first-order valence-electron chi connectivity index (χ1n) is 11.8. The number of nitrogens with one attached hydrogen (secondary N) is 1. The van der Waals surface area contributed by atoms with Gasteiger partial charge in [-0.3, -0.25) is 9.36 Å². The lowest BCUT2D eigenvalue weighted by Gasteiger charge is -2.12. The van der Waals surface area contributed by atoms with Crippen molar-refractivity contribution in [2.75, 3.05) is 26.5 Å². The third-order valence-corrected chi connectivity index (χ3v) is 6.71. The highest BCUT2D eigenvalue weighted by molar-refractivity contribution is 7.99. The number of rotatable bonds is 12. The largest absolute Gasteiger partial charge is 0.493 e. The number of thioether (sulfide) groups is 1. The average molecular weight is 507 g/mol. The molecule has 0 aliphatic carbocycles. The van der Waals surface area contributed by atoms with Gasteiger partial charge in [0.2, 0.25) is 11.7 Å². The van der Waals surface area contributed by atoms with Crippen LogP contribution in [0.5, 0.6) is 11.5 Å². The van der Waals surface area contributed by atoms with Crippen LogP contribution in [0.15, 0.2) is 70.4 Å². The van der Waals surface area contributed by atoms with Crippen molar-refractivity contribution in [3.05, 3.63) is 72.0 Å². The van der Waals surface area contributed by atoms with Crippen LogP contribution in [0.2, 0.25) is 0 Å². The topological polar surface area (TPSA) is 91.4 Å². The predicted octanol–water partition coefficient (Wildman–Crippen LogP) is 5.08. The van der Waals surface area contributed by atoms with Crippen LogP contribution >= 0.6 is 11.8 Å². The van der Waals surface area contributed by atoms with E-state index in [9.17, 15) is 4.79 Å². The molecule has 8 nitrogen and oxygen atoms in total. The molecule has 4 aromatic rings. The molecular formula is C27H30N4O4S. The molecule has 1 amide bonds. The van der Waals surface area contributed by atoms with Gasteiger partial charge in [-0.1, -0.05) is 36.0 Å². The van der Waals surface area contributed by atoms with Crippen LogP contribution in [0, 0.1) is 6.92 Å². The molecule has 0 aliphatic heterocycles. The Kier molecular flexibility index (Phi) is 8.67. The lowest BCUT2D eigenvalue weighted by molar-refractivity contribution is -0.121. The molecule has 0 bridgehead atoms. The number of methoxy groups -OCH3 is 2. The molecule has 0 saturated heterocycles. The summed E-state index contributed by atoms with van der Waals surface area (Å²) < 4.78 is 18.2. The van der Waals surface area contributed by atoms with Crippen molar-refractivity contribution in [1.29, 1.82) is 0 Å². The molecule has 0 saturated carbocycles. The lowest BCUT2D eigenvalue weighted by atomic mass is 10.1. The third-order valence-electron chi connectivity index (χ3n) is 5.69. The van der Waals surface area contributed by atoms with E-state index >= 15 is 0 Å². The van der Waals surface area contributed by atoms with Crippen molar-refractivity contribution in [1.82, 2.24) is 20.1 Å². The third kappa shape index (κ3) is 6.09. The van der Waals surface area contributed by atoms with Crippen LogP contribution < -0.4 is 14.8 Å². The number of ether oxygens (including phenoxy) is 2. The van der Waals surface area contributed by atoms with Crippen LogP contribution in [0.3, 0.4) is 0 Å². The highest BCUT2D eigenvalue weighted by Crippen LogP contribution is 2.30. The van der Waals surface area contributed by atoms with Crippen LogP contribution in [0.25, 0.3) is 17.3 Å². The SMILES string of the molecule is COc1ccc(CCNC(=O)CCCSc2nnc(-c3ccco3)n2-c2ccccc2C)cc1OC. The molecular weight excluding hydrogens is 476 g/mol. The molecule has 36 heavy (non-hydrogen) atoms. The monoisotopic (exact) mass is 506 g/mol. The summed E-state index contributed by atoms with van der Waals surface area (Å²) in [4.78, 5) is 12.4. The maximum Gasteiger partial charge on any atom is 0.220 e. The van der Waals surface area contributed by atoms with Gasteiger partial charge < -0.3 is 19.2 Å². The molecule has 9 heteroatoms. The minimum absolute atomic E-state index is 0.0349. The van der Waals surface area contributed by atoms with Crippen LogP contribution in [0.1, 0.15) is 24.0 Å². The van der Waals surface area contributed by atoms with Gasteiger partial charge in [-0.25, -0.2) is 0 Å². The molecule has 0 aliphatic rings. The zero-order chi connectivity index (χ0) is 25.3. The van der Waals surface area contributed by atoms with Gasteiger partial charge in [0.05, 0.1) is 26.2 Å². The molecule has 0 unspecified atom stereocenters. The molecule has 2 aromatic heterocycles. The number of aryl methyl sites for hydroxylation is 1. The van der Waals surface area contributed by atoms with Gasteiger partial charge in [0, 0.05) is 18.7 Å². The maximum absolute atomic E-state index is 12.4. The molecule has 4 rings (SSSR count). The van der Waals surface area contributed by atoms with Crippen molar-refractivity contribution in [2.24, 2.45) is 0 Å². The summed E-state index contributed by atoms with van der Waals surface area (Å²) in [7, 11) is 3.23. The predicted molar refractivity (Wildman–Crippen MR) is 140 cm³/mol. The second-order valence-electron chi connectivity index (χ2n) is 8.15. The van der Waals surface area contributed by atoms with Gasteiger partial charge >= 0.3 is 0 Å². The van der Waals surface area contributed by atoms with Crippen LogP contribution in [-0.4, -0.2) is 47.2 Å². The summed E-state index contributed by atoms with van der Waals surface area (Å²) in [5, 5.41) is 12.6. The number of carbonyl (C=O) groups is 1. The van der Waals surface area contributed by atoms with Crippen LogP contribution in [-0.2, 0) is 11.2 Å². The number of nitrogens with zero attached hydrogens (tertiary/aromatic N) is 3. The van der Waals surface area contributed by atoms with Crippen LogP contribution in [0.4, 0.5) is 0 Å². The number of amides is 1. The Morgan fingerprint density at radius 3 is 2.64 bits per heavy atom. The minimum atomic E-state index is 0.0349. The fraction of sp³-hybridized carbons (Fsp3) is 0.296. The first-order valence-corrected chi connectivity index (χ1v) is 12.7. The smallest absolute Gasteiger partial charge is 0.220 e. The quantitative estimate of drug-likeness (QED) is 0.212. The highest BCUT2D eigenvalue weighted by atomic mass is 32.2. The normalized spacial score (nSPS) is 10.9. The van der Waals surface area contributed by atoms with Crippen molar-refractivity contribution in [3.63, 3.8) is 0 Å². The van der Waals surface area contributed by atoms with Crippen molar-refractivity contribution in [3.8, 4) is 28.8 Å². The summed E-state index contributed by atoms with van der Waals surface area (Å²) in [6, 6.07) is 17.6. The van der Waals surface area contributed by atoms with Gasteiger partial charge in [-0.15, -0.1) is 10.2 Å². The number of hydrogen-bond donors (Lipinski definition) is 1. The molecule has 0 fully saturated rings. The number of carbonyl (C=O) groups excluding carboxylic acids is 1. The van der Waals surface area contributed by atoms with E-state index in [1.165, 1.54) is 0 Å². The Labute approximate surface area is 215 Å². The maximum atomic E-state index is 12.4. The Morgan fingerprint density at radius 1 is 1.06 bits per heavy atom.